The normalized spacial score (nSPS) is 10.7. The summed E-state index contributed by atoms with van der Waals surface area (Å²) in [6.07, 6.45) is 1.71. The van der Waals surface area contributed by atoms with Crippen LogP contribution in [0.1, 0.15) is 11.4 Å². The number of hydrogen-bond donors (Lipinski definition) is 2. The second-order valence-electron chi connectivity index (χ2n) is 5.25. The standard InChI is InChI=1S/C17H17ClN4O2/c1-11-5-14(3-4-19-11)22-15(10-23)9-17(21-22)20-13-6-12(18)7-16(8-13)24-2/h3-9,23H,10H2,1-2H3,(H,20,21). The number of ether oxygens (including phenoxy) is 1. The summed E-state index contributed by atoms with van der Waals surface area (Å²) in [5, 5.41) is 17.9. The van der Waals surface area contributed by atoms with Crippen LogP contribution in [0.15, 0.2) is 42.6 Å². The number of nitrogens with one attached hydrogen (secondary N) is 1. The zero-order chi connectivity index (χ0) is 17.1. The number of rotatable bonds is 5. The fraction of sp³-hybridized carbons (Fsp3) is 0.176. The summed E-state index contributed by atoms with van der Waals surface area (Å²) in [6.45, 7) is 1.78. The number of aromatic nitrogens is 3. The molecule has 0 fully saturated rings. The number of aliphatic hydroxyl groups is 1. The number of nitrogens with zero attached hydrogens (tertiary/aromatic N) is 3. The average Bonchev–Trinajstić information content (AvgIpc) is 2.97. The van der Waals surface area contributed by atoms with Crippen molar-refractivity contribution in [1.29, 1.82) is 0 Å². The van der Waals surface area contributed by atoms with Gasteiger partial charge in [0.1, 0.15) is 5.75 Å². The van der Waals surface area contributed by atoms with Gasteiger partial charge in [-0.3, -0.25) is 4.98 Å². The van der Waals surface area contributed by atoms with Crippen LogP contribution < -0.4 is 10.1 Å². The number of halogens is 1. The van der Waals surface area contributed by atoms with Gasteiger partial charge in [-0.2, -0.15) is 0 Å². The lowest BCUT2D eigenvalue weighted by Gasteiger charge is -2.07. The van der Waals surface area contributed by atoms with Gasteiger partial charge in [0.25, 0.3) is 0 Å². The molecule has 1 aromatic carbocycles. The molecule has 0 unspecified atom stereocenters. The summed E-state index contributed by atoms with van der Waals surface area (Å²) in [5.74, 6) is 1.24. The Morgan fingerprint density at radius 3 is 2.79 bits per heavy atom. The van der Waals surface area contributed by atoms with E-state index in [-0.39, 0.29) is 6.61 Å². The van der Waals surface area contributed by atoms with E-state index in [0.29, 0.717) is 22.3 Å². The minimum atomic E-state index is -0.130. The lowest BCUT2D eigenvalue weighted by Crippen LogP contribution is -2.03. The first kappa shape index (κ1) is 16.3. The molecule has 0 radical (unpaired) electrons. The van der Waals surface area contributed by atoms with E-state index in [0.717, 1.165) is 17.1 Å². The van der Waals surface area contributed by atoms with Gasteiger partial charge < -0.3 is 15.2 Å². The molecule has 0 bridgehead atoms. The fourth-order valence-electron chi connectivity index (χ4n) is 2.38. The summed E-state index contributed by atoms with van der Waals surface area (Å²) in [4.78, 5) is 4.18. The van der Waals surface area contributed by atoms with E-state index in [1.165, 1.54) is 0 Å². The summed E-state index contributed by atoms with van der Waals surface area (Å²) >= 11 is 6.08. The zero-order valence-electron chi connectivity index (χ0n) is 13.3. The topological polar surface area (TPSA) is 72.2 Å². The molecule has 0 aliphatic heterocycles. The van der Waals surface area contributed by atoms with Crippen molar-refractivity contribution in [3.8, 4) is 11.4 Å². The summed E-state index contributed by atoms with van der Waals surface area (Å²) in [6, 6.07) is 10.8. The van der Waals surface area contributed by atoms with Crippen LogP contribution in [0.2, 0.25) is 5.02 Å². The number of methoxy groups -OCH3 is 1. The van der Waals surface area contributed by atoms with E-state index in [4.69, 9.17) is 16.3 Å². The molecule has 24 heavy (non-hydrogen) atoms. The lowest BCUT2D eigenvalue weighted by atomic mass is 10.3. The van der Waals surface area contributed by atoms with Crippen molar-refractivity contribution in [3.63, 3.8) is 0 Å². The van der Waals surface area contributed by atoms with Gasteiger partial charge >= 0.3 is 0 Å². The Morgan fingerprint density at radius 1 is 1.25 bits per heavy atom. The monoisotopic (exact) mass is 344 g/mol. The number of hydrogen-bond acceptors (Lipinski definition) is 5. The molecule has 0 saturated heterocycles. The van der Waals surface area contributed by atoms with Gasteiger partial charge in [-0.1, -0.05) is 11.6 Å². The minimum Gasteiger partial charge on any atom is -0.497 e. The Morgan fingerprint density at radius 2 is 2.08 bits per heavy atom. The number of anilines is 2. The Kier molecular flexibility index (Phi) is 4.69. The van der Waals surface area contributed by atoms with Crippen LogP contribution in [0.25, 0.3) is 5.69 Å². The van der Waals surface area contributed by atoms with E-state index in [2.05, 4.69) is 15.4 Å². The van der Waals surface area contributed by atoms with Gasteiger partial charge in [-0.15, -0.1) is 5.10 Å². The van der Waals surface area contributed by atoms with E-state index in [1.54, 1.807) is 36.2 Å². The van der Waals surface area contributed by atoms with Crippen LogP contribution in [0.3, 0.4) is 0 Å². The number of pyridine rings is 1. The van der Waals surface area contributed by atoms with Crippen molar-refractivity contribution in [2.24, 2.45) is 0 Å². The lowest BCUT2D eigenvalue weighted by molar-refractivity contribution is 0.273. The second-order valence-corrected chi connectivity index (χ2v) is 5.69. The molecule has 124 valence electrons. The van der Waals surface area contributed by atoms with Crippen LogP contribution in [0, 0.1) is 6.92 Å². The summed E-state index contributed by atoms with van der Waals surface area (Å²) in [7, 11) is 1.58. The number of aryl methyl sites for hydroxylation is 1. The van der Waals surface area contributed by atoms with Crippen LogP contribution in [0.5, 0.6) is 5.75 Å². The van der Waals surface area contributed by atoms with E-state index in [9.17, 15) is 5.11 Å². The van der Waals surface area contributed by atoms with Crippen LogP contribution in [0.4, 0.5) is 11.5 Å². The van der Waals surface area contributed by atoms with Gasteiger partial charge in [0.15, 0.2) is 5.82 Å². The molecular formula is C17H17ClN4O2. The van der Waals surface area contributed by atoms with Gasteiger partial charge in [0.05, 0.1) is 25.1 Å². The smallest absolute Gasteiger partial charge is 0.153 e. The average molecular weight is 345 g/mol. The fourth-order valence-corrected chi connectivity index (χ4v) is 2.61. The third kappa shape index (κ3) is 3.50. The molecule has 0 aliphatic carbocycles. The Bertz CT molecular complexity index is 864. The molecular weight excluding hydrogens is 328 g/mol. The molecule has 0 aliphatic rings. The summed E-state index contributed by atoms with van der Waals surface area (Å²) < 4.78 is 6.89. The maximum Gasteiger partial charge on any atom is 0.153 e. The first-order chi connectivity index (χ1) is 11.6. The molecule has 7 heteroatoms. The van der Waals surface area contributed by atoms with Crippen LogP contribution in [-0.4, -0.2) is 27.0 Å². The Hall–Kier alpha value is -2.57. The Balaban J connectivity index is 1.94. The molecule has 0 spiro atoms. The van der Waals surface area contributed by atoms with E-state index >= 15 is 0 Å². The quantitative estimate of drug-likeness (QED) is 0.741. The van der Waals surface area contributed by atoms with Gasteiger partial charge in [0.2, 0.25) is 0 Å². The van der Waals surface area contributed by atoms with Crippen LogP contribution in [-0.2, 0) is 6.61 Å². The molecule has 0 atom stereocenters. The second kappa shape index (κ2) is 6.90. The zero-order valence-corrected chi connectivity index (χ0v) is 14.1. The molecule has 0 amide bonds. The number of benzene rings is 1. The maximum absolute atomic E-state index is 9.61. The first-order valence-electron chi connectivity index (χ1n) is 7.33. The molecule has 0 saturated carbocycles. The predicted molar refractivity (Wildman–Crippen MR) is 93.3 cm³/mol. The largest absolute Gasteiger partial charge is 0.497 e. The van der Waals surface area contributed by atoms with Gasteiger partial charge in [-0.05, 0) is 31.2 Å². The third-order valence-corrected chi connectivity index (χ3v) is 3.67. The first-order valence-corrected chi connectivity index (χ1v) is 7.71. The number of aliphatic hydroxyl groups excluding tert-OH is 1. The predicted octanol–water partition coefficient (Wildman–Crippen LogP) is 3.47. The van der Waals surface area contributed by atoms with Crippen molar-refractivity contribution >= 4 is 23.1 Å². The van der Waals surface area contributed by atoms with Gasteiger partial charge in [-0.25, -0.2) is 4.68 Å². The molecule has 3 aromatic rings. The molecule has 2 heterocycles. The maximum atomic E-state index is 9.61. The van der Waals surface area contributed by atoms with E-state index in [1.807, 2.05) is 25.1 Å². The van der Waals surface area contributed by atoms with Crippen molar-refractivity contribution in [1.82, 2.24) is 14.8 Å². The molecule has 2 N–H and O–H groups in total. The highest BCUT2D eigenvalue weighted by atomic mass is 35.5. The highest BCUT2D eigenvalue weighted by Crippen LogP contribution is 2.27. The van der Waals surface area contributed by atoms with Gasteiger partial charge in [0, 0.05) is 34.7 Å². The minimum absolute atomic E-state index is 0.130. The van der Waals surface area contributed by atoms with E-state index < -0.39 is 0 Å². The summed E-state index contributed by atoms with van der Waals surface area (Å²) in [5.41, 5.74) is 3.13. The molecule has 2 aromatic heterocycles. The molecule has 3 rings (SSSR count). The SMILES string of the molecule is COc1cc(Cl)cc(Nc2cc(CO)n(-c3ccnc(C)c3)n2)c1. The van der Waals surface area contributed by atoms with Crippen molar-refractivity contribution < 1.29 is 9.84 Å². The van der Waals surface area contributed by atoms with Crippen molar-refractivity contribution in [2.75, 3.05) is 12.4 Å². The molecule has 6 nitrogen and oxygen atoms in total. The van der Waals surface area contributed by atoms with Crippen LogP contribution >= 0.6 is 11.6 Å². The Labute approximate surface area is 144 Å². The van der Waals surface area contributed by atoms with Crippen molar-refractivity contribution in [3.05, 3.63) is 59.0 Å². The third-order valence-electron chi connectivity index (χ3n) is 3.45. The highest BCUT2D eigenvalue weighted by molar-refractivity contribution is 6.31. The highest BCUT2D eigenvalue weighted by Gasteiger charge is 2.10. The van der Waals surface area contributed by atoms with Crippen molar-refractivity contribution in [2.45, 2.75) is 13.5 Å².